The minimum absolute atomic E-state index is 0.0799. The maximum atomic E-state index is 13.3. The monoisotopic (exact) mass is 387 g/mol. The smallest absolute Gasteiger partial charge is 0.254 e. The van der Waals surface area contributed by atoms with Gasteiger partial charge in [-0.3, -0.25) is 9.78 Å². The highest BCUT2D eigenvalue weighted by Gasteiger charge is 2.18. The molecule has 4 nitrogen and oxygen atoms in total. The number of nitrogens with zero attached hydrogens (tertiary/aromatic N) is 3. The van der Waals surface area contributed by atoms with Gasteiger partial charge in [0.15, 0.2) is 0 Å². The van der Waals surface area contributed by atoms with E-state index in [1.165, 1.54) is 0 Å². The van der Waals surface area contributed by atoms with Crippen molar-refractivity contribution in [3.63, 3.8) is 0 Å². The van der Waals surface area contributed by atoms with Gasteiger partial charge in [0, 0.05) is 42.0 Å². The number of hydrogen-bond donors (Lipinski definition) is 0. The summed E-state index contributed by atoms with van der Waals surface area (Å²) in [6.45, 7) is 0.428. The van der Waals surface area contributed by atoms with E-state index in [0.717, 1.165) is 27.7 Å². The molecule has 0 aliphatic heterocycles. The zero-order valence-electron chi connectivity index (χ0n) is 15.3. The van der Waals surface area contributed by atoms with E-state index < -0.39 is 0 Å². The average Bonchev–Trinajstić information content (AvgIpc) is 2.74. The maximum absolute atomic E-state index is 13.3. The molecule has 0 aliphatic rings. The molecular formula is C23H18ClN3O. The van der Waals surface area contributed by atoms with Crippen LogP contribution in [0.4, 0.5) is 0 Å². The molecule has 0 bridgehead atoms. The van der Waals surface area contributed by atoms with E-state index in [9.17, 15) is 4.79 Å². The van der Waals surface area contributed by atoms with Crippen molar-refractivity contribution in [3.8, 4) is 11.3 Å². The van der Waals surface area contributed by atoms with Gasteiger partial charge in [0.1, 0.15) is 0 Å². The number of benzene rings is 2. The summed E-state index contributed by atoms with van der Waals surface area (Å²) in [6.07, 6.45) is 3.47. The molecule has 5 heteroatoms. The summed E-state index contributed by atoms with van der Waals surface area (Å²) in [7, 11) is 1.78. The van der Waals surface area contributed by atoms with Gasteiger partial charge in [-0.15, -0.1) is 0 Å². The fourth-order valence-corrected chi connectivity index (χ4v) is 3.37. The number of hydrogen-bond acceptors (Lipinski definition) is 3. The van der Waals surface area contributed by atoms with Crippen molar-refractivity contribution in [1.29, 1.82) is 0 Å². The van der Waals surface area contributed by atoms with Gasteiger partial charge in [0.05, 0.1) is 16.8 Å². The van der Waals surface area contributed by atoms with E-state index in [1.54, 1.807) is 24.3 Å². The van der Waals surface area contributed by atoms with Crippen molar-refractivity contribution < 1.29 is 4.79 Å². The highest BCUT2D eigenvalue weighted by molar-refractivity contribution is 6.31. The number of fused-ring (bicyclic) bond motifs is 1. The van der Waals surface area contributed by atoms with Crippen LogP contribution in [0.1, 0.15) is 15.9 Å². The Kier molecular flexibility index (Phi) is 5.04. The second-order valence-corrected chi connectivity index (χ2v) is 6.97. The summed E-state index contributed by atoms with van der Waals surface area (Å²) in [5, 5.41) is 1.48. The van der Waals surface area contributed by atoms with Crippen molar-refractivity contribution in [2.24, 2.45) is 0 Å². The predicted octanol–water partition coefficient (Wildman–Crippen LogP) is 5.22. The SMILES string of the molecule is CN(Cc1ccccc1Cl)C(=O)c1cc(-c2cccnc2)nc2ccccc12. The fraction of sp³-hybridized carbons (Fsp3) is 0.0870. The molecule has 0 saturated heterocycles. The molecule has 0 fully saturated rings. The largest absolute Gasteiger partial charge is 0.337 e. The number of aromatic nitrogens is 2. The van der Waals surface area contributed by atoms with Crippen molar-refractivity contribution >= 4 is 28.4 Å². The number of carbonyl (C=O) groups excluding carboxylic acids is 1. The number of pyridine rings is 2. The third-order valence-electron chi connectivity index (χ3n) is 4.62. The first-order valence-electron chi connectivity index (χ1n) is 8.92. The van der Waals surface area contributed by atoms with Crippen molar-refractivity contribution in [1.82, 2.24) is 14.9 Å². The molecule has 0 saturated carbocycles. The summed E-state index contributed by atoms with van der Waals surface area (Å²) in [4.78, 5) is 23.9. The van der Waals surface area contributed by atoms with Crippen LogP contribution in [0.5, 0.6) is 0 Å². The maximum Gasteiger partial charge on any atom is 0.254 e. The lowest BCUT2D eigenvalue weighted by Gasteiger charge is -2.19. The first-order chi connectivity index (χ1) is 13.6. The molecule has 138 valence electrons. The van der Waals surface area contributed by atoms with E-state index in [4.69, 9.17) is 16.6 Å². The van der Waals surface area contributed by atoms with Crippen LogP contribution in [0.2, 0.25) is 5.02 Å². The molecule has 28 heavy (non-hydrogen) atoms. The van der Waals surface area contributed by atoms with E-state index in [-0.39, 0.29) is 5.91 Å². The van der Waals surface area contributed by atoms with Gasteiger partial charge >= 0.3 is 0 Å². The third-order valence-corrected chi connectivity index (χ3v) is 4.98. The fourth-order valence-electron chi connectivity index (χ4n) is 3.17. The average molecular weight is 388 g/mol. The predicted molar refractivity (Wildman–Crippen MR) is 112 cm³/mol. The highest BCUT2D eigenvalue weighted by atomic mass is 35.5. The Bertz CT molecular complexity index is 1140. The number of para-hydroxylation sites is 1. The van der Waals surface area contributed by atoms with Crippen LogP contribution >= 0.6 is 11.6 Å². The standard InChI is InChI=1S/C23H18ClN3O/c1-27(15-17-7-2-4-10-20(17)24)23(28)19-13-22(16-8-6-12-25-14-16)26-21-11-5-3-9-18(19)21/h2-14H,15H2,1H3. The van der Waals surface area contributed by atoms with Crippen LogP contribution in [0.3, 0.4) is 0 Å². The molecule has 0 unspecified atom stereocenters. The Morgan fingerprint density at radius 1 is 1.04 bits per heavy atom. The number of rotatable bonds is 4. The lowest BCUT2D eigenvalue weighted by molar-refractivity contribution is 0.0787. The quantitative estimate of drug-likeness (QED) is 0.482. The summed E-state index contributed by atoms with van der Waals surface area (Å²) in [6, 6.07) is 20.9. The molecule has 2 aromatic heterocycles. The Labute approximate surface area is 168 Å². The summed E-state index contributed by atoms with van der Waals surface area (Å²) < 4.78 is 0. The highest BCUT2D eigenvalue weighted by Crippen LogP contribution is 2.26. The topological polar surface area (TPSA) is 46.1 Å². The Morgan fingerprint density at radius 2 is 1.82 bits per heavy atom. The van der Waals surface area contributed by atoms with Crippen molar-refractivity contribution in [2.45, 2.75) is 6.54 Å². The third kappa shape index (κ3) is 3.59. The van der Waals surface area contributed by atoms with Crippen LogP contribution < -0.4 is 0 Å². The Hall–Kier alpha value is -3.24. The second-order valence-electron chi connectivity index (χ2n) is 6.57. The number of halogens is 1. The zero-order chi connectivity index (χ0) is 19.5. The first-order valence-corrected chi connectivity index (χ1v) is 9.30. The minimum Gasteiger partial charge on any atom is -0.337 e. The summed E-state index contributed by atoms with van der Waals surface area (Å²) in [5.74, 6) is -0.0799. The summed E-state index contributed by atoms with van der Waals surface area (Å²) >= 11 is 6.26. The molecular weight excluding hydrogens is 370 g/mol. The normalized spacial score (nSPS) is 10.8. The number of amides is 1. The Morgan fingerprint density at radius 3 is 2.61 bits per heavy atom. The molecule has 2 aromatic carbocycles. The molecule has 0 N–H and O–H groups in total. The lowest BCUT2D eigenvalue weighted by atomic mass is 10.0. The second kappa shape index (κ2) is 7.79. The first kappa shape index (κ1) is 18.1. The van der Waals surface area contributed by atoms with Crippen LogP contribution in [0, 0.1) is 0 Å². The van der Waals surface area contributed by atoms with E-state index in [2.05, 4.69) is 4.98 Å². The number of carbonyl (C=O) groups is 1. The van der Waals surface area contributed by atoms with Gasteiger partial charge in [-0.2, -0.15) is 0 Å². The lowest BCUT2D eigenvalue weighted by Crippen LogP contribution is -2.26. The molecule has 2 heterocycles. The van der Waals surface area contributed by atoms with Crippen molar-refractivity contribution in [2.75, 3.05) is 7.05 Å². The van der Waals surface area contributed by atoms with Gasteiger partial charge in [0.2, 0.25) is 0 Å². The Balaban J connectivity index is 1.76. The summed E-state index contributed by atoms with van der Waals surface area (Å²) in [5.41, 5.74) is 3.89. The van der Waals surface area contributed by atoms with Gasteiger partial charge in [-0.25, -0.2) is 4.98 Å². The van der Waals surface area contributed by atoms with Gasteiger partial charge in [-0.05, 0) is 35.9 Å². The molecule has 4 rings (SSSR count). The zero-order valence-corrected chi connectivity index (χ0v) is 16.1. The van der Waals surface area contributed by atoms with E-state index in [0.29, 0.717) is 17.1 Å². The molecule has 0 spiro atoms. The molecule has 1 amide bonds. The molecule has 4 aromatic rings. The van der Waals surface area contributed by atoms with Crippen LogP contribution in [0.15, 0.2) is 79.1 Å². The van der Waals surface area contributed by atoms with Crippen LogP contribution in [0.25, 0.3) is 22.2 Å². The van der Waals surface area contributed by atoms with Gasteiger partial charge < -0.3 is 4.90 Å². The molecule has 0 atom stereocenters. The van der Waals surface area contributed by atoms with E-state index >= 15 is 0 Å². The van der Waals surface area contributed by atoms with Crippen LogP contribution in [-0.2, 0) is 6.54 Å². The molecule has 0 radical (unpaired) electrons. The molecule has 0 aliphatic carbocycles. The minimum atomic E-state index is -0.0799. The van der Waals surface area contributed by atoms with Gasteiger partial charge in [-0.1, -0.05) is 48.0 Å². The van der Waals surface area contributed by atoms with Gasteiger partial charge in [0.25, 0.3) is 5.91 Å². The van der Waals surface area contributed by atoms with Crippen molar-refractivity contribution in [3.05, 3.63) is 95.3 Å². The van der Waals surface area contributed by atoms with Crippen LogP contribution in [-0.4, -0.2) is 27.8 Å². The van der Waals surface area contributed by atoms with E-state index in [1.807, 2.05) is 66.7 Å².